The minimum atomic E-state index is 0. The van der Waals surface area contributed by atoms with Crippen LogP contribution >= 0.6 is 0 Å². The average Bonchev–Trinajstić information content (AvgIpc) is 1.41. The molecule has 0 rings (SSSR count). The van der Waals surface area contributed by atoms with Crippen molar-refractivity contribution in [2.75, 3.05) is 14.1 Å². The topological polar surface area (TPSA) is 81.3 Å². The lowest BCUT2D eigenvalue weighted by atomic mass is 10.8. The van der Waals surface area contributed by atoms with Gasteiger partial charge in [-0.2, -0.15) is 0 Å². The summed E-state index contributed by atoms with van der Waals surface area (Å²) in [6, 6.07) is 0. The molecular weight excluding hydrogens is 102 g/mol. The van der Waals surface area contributed by atoms with E-state index in [1.165, 1.54) is 5.01 Å². The molecule has 0 heterocycles. The Kier molecular flexibility index (Phi) is 86.5. The predicted molar refractivity (Wildman–Crippen MR) is 37.8 cm³/mol. The van der Waals surface area contributed by atoms with Crippen LogP contribution in [0.5, 0.6) is 0 Å². The van der Waals surface area contributed by atoms with Crippen LogP contribution in [0.3, 0.4) is 0 Å². The Bertz CT molecular complexity index is 16.8. The Balaban J connectivity index is -0.0000000183. The van der Waals surface area contributed by atoms with E-state index in [0.29, 0.717) is 0 Å². The highest BCUT2D eigenvalue weighted by Gasteiger charge is 1.57. The van der Waals surface area contributed by atoms with Gasteiger partial charge in [0.2, 0.25) is 0 Å². The summed E-state index contributed by atoms with van der Waals surface area (Å²) >= 11 is 0. The molecule has 0 aliphatic carbocycles. The number of hydrazine groups is 2. The average molecular weight is 114 g/mol. The normalized spacial score (nSPS) is 5.25. The highest BCUT2D eigenvalue weighted by atomic mass is 15.4. The molecule has 0 aliphatic heterocycles. The van der Waals surface area contributed by atoms with Gasteiger partial charge < -0.3 is 0 Å². The zero-order chi connectivity index (χ0) is 5.58. The van der Waals surface area contributed by atoms with Crippen LogP contribution in [-0.4, -0.2) is 35.9 Å². The lowest BCUT2D eigenvalue weighted by molar-refractivity contribution is 0.432. The highest BCUT2D eigenvalue weighted by molar-refractivity contribution is 5.76. The van der Waals surface area contributed by atoms with Crippen LogP contribution in [0.25, 0.3) is 0 Å². The first kappa shape index (κ1) is 24.6. The number of hydrogen-bond donors (Lipinski definition) is 3. The molecule has 0 saturated carbocycles. The molecule has 6 heteroatoms. The van der Waals surface area contributed by atoms with E-state index in [-0.39, 0.29) is 16.8 Å². The van der Waals surface area contributed by atoms with Crippen LogP contribution in [0.2, 0.25) is 0 Å². The van der Waals surface area contributed by atoms with Crippen molar-refractivity contribution in [3.05, 3.63) is 0 Å². The lowest BCUT2D eigenvalue weighted by Crippen LogP contribution is -2.18. The van der Waals surface area contributed by atoms with Crippen molar-refractivity contribution >= 4 is 16.8 Å². The van der Waals surface area contributed by atoms with E-state index in [2.05, 4.69) is 11.7 Å². The Hall–Kier alpha value is -0.0301. The molecule has 46 valence electrons. The zero-order valence-corrected chi connectivity index (χ0v) is 5.33. The van der Waals surface area contributed by atoms with Gasteiger partial charge in [-0.15, -0.1) is 0 Å². The van der Waals surface area contributed by atoms with Gasteiger partial charge in [0, 0.05) is 30.9 Å². The summed E-state index contributed by atoms with van der Waals surface area (Å²) in [4.78, 5) is 0. The van der Waals surface area contributed by atoms with E-state index in [0.717, 1.165) is 0 Å². The molecule has 6 N–H and O–H groups in total. The molecule has 0 aromatic heterocycles. The summed E-state index contributed by atoms with van der Waals surface area (Å²) in [5, 5.41) is 1.50. The molecule has 0 spiro atoms. The van der Waals surface area contributed by atoms with Crippen LogP contribution in [0.1, 0.15) is 0 Å². The van der Waals surface area contributed by atoms with Crippen LogP contribution < -0.4 is 17.5 Å². The van der Waals surface area contributed by atoms with Gasteiger partial charge in [0.05, 0.1) is 0 Å². The fraction of sp³-hybridized carbons (Fsp3) is 1.00. The Morgan fingerprint density at radius 3 is 1.00 bits per heavy atom. The number of nitrogens with two attached hydrogens (primary N) is 3. The summed E-state index contributed by atoms with van der Waals surface area (Å²) in [6.45, 7) is 0. The second-order valence-corrected chi connectivity index (χ2v) is 0.964. The summed E-state index contributed by atoms with van der Waals surface area (Å²) in [5.41, 5.74) is 0. The maximum Gasteiger partial charge on any atom is 0.00105 e. The smallest absolute Gasteiger partial charge is 0.00105 e. The van der Waals surface area contributed by atoms with Crippen molar-refractivity contribution in [3.63, 3.8) is 0 Å². The van der Waals surface area contributed by atoms with Gasteiger partial charge in [-0.1, -0.05) is 0 Å². The molecule has 8 heavy (non-hydrogen) atoms. The summed E-state index contributed by atoms with van der Waals surface area (Å²) in [7, 11) is 3.56. The number of nitrogens with zero attached hydrogens (tertiary/aromatic N) is 1. The van der Waals surface area contributed by atoms with Gasteiger partial charge in [-0.3, -0.25) is 22.5 Å². The first-order valence-corrected chi connectivity index (χ1v) is 1.49. The van der Waals surface area contributed by atoms with Crippen LogP contribution in [0, 0.1) is 0 Å². The minimum absolute atomic E-state index is 0. The van der Waals surface area contributed by atoms with Crippen molar-refractivity contribution in [2.45, 2.75) is 0 Å². The molecule has 6 radical (unpaired) electrons. The third-order valence-corrected chi connectivity index (χ3v) is 0. The standard InChI is InChI=1S/C2H8N2.2B.H4N2/c1-4(2)3;;;1-2/h3H2,1-2H3;;;1-2H2. The Morgan fingerprint density at radius 2 is 1.00 bits per heavy atom. The number of rotatable bonds is 0. The minimum Gasteiger partial charge on any atom is -0.274 e. The molecular formula is C2H12B2N4. The third-order valence-electron chi connectivity index (χ3n) is 0. The van der Waals surface area contributed by atoms with Crippen LogP contribution in [0.4, 0.5) is 0 Å². The van der Waals surface area contributed by atoms with Crippen molar-refractivity contribution in [3.8, 4) is 0 Å². The first-order chi connectivity index (χ1) is 2.73. The molecule has 0 bridgehead atoms. The van der Waals surface area contributed by atoms with Crippen molar-refractivity contribution in [2.24, 2.45) is 17.5 Å². The maximum absolute atomic E-state index is 4.94. The predicted octanol–water partition coefficient (Wildman–Crippen LogP) is -2.52. The number of hydrogen-bond acceptors (Lipinski definition) is 4. The summed E-state index contributed by atoms with van der Waals surface area (Å²) in [6.07, 6.45) is 0. The van der Waals surface area contributed by atoms with Gasteiger partial charge in [0.15, 0.2) is 0 Å². The fourth-order valence-electron chi connectivity index (χ4n) is 0. The van der Waals surface area contributed by atoms with E-state index < -0.39 is 0 Å². The Morgan fingerprint density at radius 1 is 1.00 bits per heavy atom. The van der Waals surface area contributed by atoms with Gasteiger partial charge in [-0.05, 0) is 0 Å². The first-order valence-electron chi connectivity index (χ1n) is 1.49. The van der Waals surface area contributed by atoms with Gasteiger partial charge in [0.25, 0.3) is 0 Å². The highest BCUT2D eigenvalue weighted by Crippen LogP contribution is 1.37. The summed E-state index contributed by atoms with van der Waals surface area (Å²) < 4.78 is 0. The Labute approximate surface area is 54.5 Å². The largest absolute Gasteiger partial charge is 0.274 e. The molecule has 0 saturated heterocycles. The van der Waals surface area contributed by atoms with Crippen LogP contribution in [-0.2, 0) is 0 Å². The van der Waals surface area contributed by atoms with E-state index in [1.807, 2.05) is 0 Å². The molecule has 0 aromatic carbocycles. The van der Waals surface area contributed by atoms with Crippen LogP contribution in [0.15, 0.2) is 0 Å². The fourth-order valence-corrected chi connectivity index (χ4v) is 0. The maximum atomic E-state index is 4.94. The molecule has 0 aliphatic rings. The molecule has 4 nitrogen and oxygen atoms in total. The van der Waals surface area contributed by atoms with E-state index in [9.17, 15) is 0 Å². The molecule has 0 fully saturated rings. The molecule has 0 atom stereocenters. The quantitative estimate of drug-likeness (QED) is 0.184. The van der Waals surface area contributed by atoms with Crippen molar-refractivity contribution in [1.29, 1.82) is 0 Å². The van der Waals surface area contributed by atoms with Crippen molar-refractivity contribution < 1.29 is 0 Å². The second-order valence-electron chi connectivity index (χ2n) is 0.964. The summed E-state index contributed by atoms with van der Waals surface area (Å²) in [5.74, 6) is 12.9. The van der Waals surface area contributed by atoms with E-state index in [4.69, 9.17) is 5.84 Å². The molecule has 0 unspecified atom stereocenters. The molecule has 0 amide bonds. The van der Waals surface area contributed by atoms with Crippen molar-refractivity contribution in [1.82, 2.24) is 5.01 Å². The van der Waals surface area contributed by atoms with E-state index >= 15 is 0 Å². The zero-order valence-electron chi connectivity index (χ0n) is 5.33. The second kappa shape index (κ2) is 28.2. The van der Waals surface area contributed by atoms with Gasteiger partial charge in [-0.25, -0.2) is 0 Å². The van der Waals surface area contributed by atoms with Gasteiger partial charge >= 0.3 is 0 Å². The SMILES string of the molecule is CN(C)N.NN.[B].[B]. The van der Waals surface area contributed by atoms with E-state index in [1.54, 1.807) is 14.1 Å². The lowest BCUT2D eigenvalue weighted by Gasteiger charge is -1.91. The third kappa shape index (κ3) is 162000. The molecule has 0 aromatic rings. The monoisotopic (exact) mass is 114 g/mol. The van der Waals surface area contributed by atoms with Gasteiger partial charge in [0.1, 0.15) is 0 Å².